The van der Waals surface area contributed by atoms with Gasteiger partial charge in [-0.15, -0.1) is 11.3 Å². The van der Waals surface area contributed by atoms with Gasteiger partial charge in [-0.3, -0.25) is 4.79 Å². The van der Waals surface area contributed by atoms with Crippen LogP contribution < -0.4 is 0 Å². The number of benzene rings is 1. The normalized spacial score (nSPS) is 10.4. The molecule has 0 amide bonds. The number of rotatable bonds is 2. The van der Waals surface area contributed by atoms with Crippen LogP contribution in [0.2, 0.25) is 5.02 Å². The first-order valence-corrected chi connectivity index (χ1v) is 6.29. The van der Waals surface area contributed by atoms with Gasteiger partial charge in [0, 0.05) is 9.85 Å². The first-order valence-electron chi connectivity index (χ1n) is 4.17. The molecule has 0 saturated heterocycles. The molecule has 2 nitrogen and oxygen atoms in total. The highest BCUT2D eigenvalue weighted by molar-refractivity contribution is 9.10. The standard InChI is InChI=1S/C10H4BrClFNOS/c11-6-2-1-5(9(13)8(6)12)10(15)7-3-16-4-14-7/h1-4H. The molecule has 0 N–H and O–H groups in total. The molecule has 1 aromatic heterocycles. The minimum atomic E-state index is -0.728. The Kier molecular flexibility index (Phi) is 3.37. The summed E-state index contributed by atoms with van der Waals surface area (Å²) in [6.07, 6.45) is 0. The Bertz CT molecular complexity index is 544. The predicted octanol–water partition coefficient (Wildman–Crippen LogP) is 3.93. The molecule has 0 bridgehead atoms. The molecule has 0 atom stereocenters. The molecule has 6 heteroatoms. The molecular formula is C10H4BrClFNOS. The number of halogens is 3. The van der Waals surface area contributed by atoms with Crippen LogP contribution in [0.25, 0.3) is 0 Å². The molecule has 0 radical (unpaired) electrons. The maximum absolute atomic E-state index is 13.7. The van der Waals surface area contributed by atoms with Gasteiger partial charge in [0.25, 0.3) is 0 Å². The number of thiazole rings is 1. The van der Waals surface area contributed by atoms with Crippen molar-refractivity contribution in [2.75, 3.05) is 0 Å². The Hall–Kier alpha value is -0.780. The fourth-order valence-electron chi connectivity index (χ4n) is 1.16. The summed E-state index contributed by atoms with van der Waals surface area (Å²) < 4.78 is 14.1. The number of nitrogens with zero attached hydrogens (tertiary/aromatic N) is 1. The van der Waals surface area contributed by atoms with E-state index in [0.29, 0.717) is 4.47 Å². The Balaban J connectivity index is 2.50. The van der Waals surface area contributed by atoms with Gasteiger partial charge in [0.05, 0.1) is 16.1 Å². The summed E-state index contributed by atoms with van der Waals surface area (Å²) in [5.74, 6) is -1.19. The van der Waals surface area contributed by atoms with Gasteiger partial charge in [0.1, 0.15) is 5.69 Å². The van der Waals surface area contributed by atoms with E-state index in [4.69, 9.17) is 11.6 Å². The maximum Gasteiger partial charge on any atom is 0.215 e. The zero-order valence-corrected chi connectivity index (χ0v) is 10.9. The number of carbonyl (C=O) groups excluding carboxylic acids is 1. The van der Waals surface area contributed by atoms with Crippen molar-refractivity contribution >= 4 is 44.7 Å². The monoisotopic (exact) mass is 319 g/mol. The molecule has 1 aromatic carbocycles. The highest BCUT2D eigenvalue weighted by Crippen LogP contribution is 2.28. The first-order chi connectivity index (χ1) is 7.61. The van der Waals surface area contributed by atoms with Crippen molar-refractivity contribution in [3.63, 3.8) is 0 Å². The third-order valence-corrected chi connectivity index (χ3v) is 3.79. The van der Waals surface area contributed by atoms with Gasteiger partial charge >= 0.3 is 0 Å². The van der Waals surface area contributed by atoms with Crippen LogP contribution >= 0.6 is 38.9 Å². The molecular weight excluding hydrogens is 317 g/mol. The van der Waals surface area contributed by atoms with Crippen molar-refractivity contribution in [2.24, 2.45) is 0 Å². The summed E-state index contributed by atoms with van der Waals surface area (Å²) in [6, 6.07) is 2.91. The van der Waals surface area contributed by atoms with Gasteiger partial charge in [-0.25, -0.2) is 9.37 Å². The lowest BCUT2D eigenvalue weighted by Gasteiger charge is -2.03. The molecule has 16 heavy (non-hydrogen) atoms. The lowest BCUT2D eigenvalue weighted by Crippen LogP contribution is -2.05. The molecule has 82 valence electrons. The van der Waals surface area contributed by atoms with Crippen molar-refractivity contribution in [1.29, 1.82) is 0 Å². The molecule has 0 aliphatic heterocycles. The van der Waals surface area contributed by atoms with Crippen LogP contribution in [0.4, 0.5) is 4.39 Å². The molecule has 0 fully saturated rings. The lowest BCUT2D eigenvalue weighted by molar-refractivity contribution is 0.103. The quantitative estimate of drug-likeness (QED) is 0.620. The Morgan fingerprint density at radius 2 is 2.25 bits per heavy atom. The second-order valence-electron chi connectivity index (χ2n) is 2.93. The SMILES string of the molecule is O=C(c1cscn1)c1ccc(Br)c(Cl)c1F. The Labute approximate surface area is 108 Å². The van der Waals surface area contributed by atoms with E-state index >= 15 is 0 Å². The van der Waals surface area contributed by atoms with Crippen LogP contribution in [0.15, 0.2) is 27.5 Å². The molecule has 1 heterocycles. The second-order valence-corrected chi connectivity index (χ2v) is 4.88. The van der Waals surface area contributed by atoms with Crippen LogP contribution in [-0.2, 0) is 0 Å². The number of hydrogen-bond acceptors (Lipinski definition) is 3. The molecule has 2 rings (SSSR count). The molecule has 0 spiro atoms. The summed E-state index contributed by atoms with van der Waals surface area (Å²) in [5.41, 5.74) is 1.67. The highest BCUT2D eigenvalue weighted by atomic mass is 79.9. The van der Waals surface area contributed by atoms with Gasteiger partial charge in [-0.1, -0.05) is 11.6 Å². The maximum atomic E-state index is 13.7. The minimum Gasteiger partial charge on any atom is -0.287 e. The largest absolute Gasteiger partial charge is 0.287 e. The Morgan fingerprint density at radius 1 is 1.50 bits per heavy atom. The van der Waals surface area contributed by atoms with E-state index < -0.39 is 11.6 Å². The van der Waals surface area contributed by atoms with E-state index in [9.17, 15) is 9.18 Å². The number of aromatic nitrogens is 1. The van der Waals surface area contributed by atoms with Gasteiger partial charge in [0.2, 0.25) is 5.78 Å². The van der Waals surface area contributed by atoms with E-state index in [2.05, 4.69) is 20.9 Å². The van der Waals surface area contributed by atoms with E-state index in [-0.39, 0.29) is 16.3 Å². The van der Waals surface area contributed by atoms with Crippen molar-refractivity contribution in [3.8, 4) is 0 Å². The number of carbonyl (C=O) groups is 1. The van der Waals surface area contributed by atoms with Crippen LogP contribution in [0.5, 0.6) is 0 Å². The second kappa shape index (κ2) is 4.61. The molecule has 0 aliphatic rings. The van der Waals surface area contributed by atoms with Crippen LogP contribution in [0, 0.1) is 5.82 Å². The first kappa shape index (κ1) is 11.7. The van der Waals surface area contributed by atoms with Gasteiger partial charge in [-0.2, -0.15) is 0 Å². The molecule has 2 aromatic rings. The van der Waals surface area contributed by atoms with Crippen molar-refractivity contribution in [2.45, 2.75) is 0 Å². The smallest absolute Gasteiger partial charge is 0.215 e. The van der Waals surface area contributed by atoms with Crippen molar-refractivity contribution < 1.29 is 9.18 Å². The average Bonchev–Trinajstić information content (AvgIpc) is 2.79. The summed E-state index contributed by atoms with van der Waals surface area (Å²) in [4.78, 5) is 15.7. The zero-order valence-electron chi connectivity index (χ0n) is 7.71. The topological polar surface area (TPSA) is 30.0 Å². The number of hydrogen-bond donors (Lipinski definition) is 0. The van der Waals surface area contributed by atoms with E-state index in [1.807, 2.05) is 0 Å². The van der Waals surface area contributed by atoms with Crippen molar-refractivity contribution in [3.05, 3.63) is 49.6 Å². The van der Waals surface area contributed by atoms with Crippen LogP contribution in [-0.4, -0.2) is 10.8 Å². The van der Waals surface area contributed by atoms with E-state index in [1.54, 1.807) is 5.38 Å². The fourth-order valence-corrected chi connectivity index (χ4v) is 2.17. The van der Waals surface area contributed by atoms with E-state index in [1.165, 1.54) is 29.0 Å². The lowest BCUT2D eigenvalue weighted by atomic mass is 10.1. The van der Waals surface area contributed by atoms with Gasteiger partial charge < -0.3 is 0 Å². The van der Waals surface area contributed by atoms with Crippen LogP contribution in [0.1, 0.15) is 16.1 Å². The third kappa shape index (κ3) is 2.03. The zero-order chi connectivity index (χ0) is 11.7. The van der Waals surface area contributed by atoms with Crippen molar-refractivity contribution in [1.82, 2.24) is 4.98 Å². The Morgan fingerprint density at radius 3 is 2.88 bits per heavy atom. The average molecular weight is 321 g/mol. The summed E-state index contributed by atoms with van der Waals surface area (Å²) in [5, 5.41) is 1.47. The molecule has 0 aliphatic carbocycles. The third-order valence-electron chi connectivity index (χ3n) is 1.94. The predicted molar refractivity (Wildman–Crippen MR) is 64.7 cm³/mol. The van der Waals surface area contributed by atoms with Gasteiger partial charge in [0.15, 0.2) is 5.82 Å². The fraction of sp³-hybridized carbons (Fsp3) is 0. The van der Waals surface area contributed by atoms with E-state index in [0.717, 1.165) is 0 Å². The summed E-state index contributed by atoms with van der Waals surface area (Å²) in [7, 11) is 0. The highest BCUT2D eigenvalue weighted by Gasteiger charge is 2.18. The summed E-state index contributed by atoms with van der Waals surface area (Å²) >= 11 is 10.1. The molecule has 0 unspecified atom stereocenters. The summed E-state index contributed by atoms with van der Waals surface area (Å²) in [6.45, 7) is 0. The molecule has 0 saturated carbocycles. The van der Waals surface area contributed by atoms with Gasteiger partial charge in [-0.05, 0) is 28.1 Å². The minimum absolute atomic E-state index is 0.0703. The van der Waals surface area contributed by atoms with Crippen LogP contribution in [0.3, 0.4) is 0 Å². The number of ketones is 1.